The molecule has 0 aliphatic carbocycles. The summed E-state index contributed by atoms with van der Waals surface area (Å²) in [6, 6.07) is 5.54. The van der Waals surface area contributed by atoms with Gasteiger partial charge in [0.2, 0.25) is 5.91 Å². The lowest BCUT2D eigenvalue weighted by Crippen LogP contribution is -2.18. The Morgan fingerprint density at radius 3 is 2.88 bits per heavy atom. The third kappa shape index (κ3) is 5.48. The number of rotatable bonds is 6. The van der Waals surface area contributed by atoms with Crippen molar-refractivity contribution in [3.63, 3.8) is 0 Å². The summed E-state index contributed by atoms with van der Waals surface area (Å²) in [5, 5.41) is 2.76. The molecule has 0 aliphatic rings. The lowest BCUT2D eigenvalue weighted by atomic mass is 10.3. The second-order valence-corrected chi connectivity index (χ2v) is 5.07. The minimum atomic E-state index is -0.169. The molecule has 1 amide bonds. The molecule has 0 heterocycles. The molecule has 0 bridgehead atoms. The van der Waals surface area contributed by atoms with Gasteiger partial charge >= 0.3 is 0 Å². The highest BCUT2D eigenvalue weighted by atomic mass is 79.9. The van der Waals surface area contributed by atoms with Crippen molar-refractivity contribution < 1.29 is 9.53 Å². The standard InChI is InChI=1S/C12H13Br2NO2/c1-2-3-6-17-8-12(16)15-11-5-4-9(13)7-10(11)14/h2,4-5,7H,1,3,6,8H2,(H,15,16). The van der Waals surface area contributed by atoms with Gasteiger partial charge in [-0.2, -0.15) is 0 Å². The van der Waals surface area contributed by atoms with Crippen molar-refractivity contribution in [1.29, 1.82) is 0 Å². The molecule has 92 valence electrons. The van der Waals surface area contributed by atoms with Crippen LogP contribution >= 0.6 is 31.9 Å². The summed E-state index contributed by atoms with van der Waals surface area (Å²) >= 11 is 6.71. The number of anilines is 1. The van der Waals surface area contributed by atoms with Crippen molar-refractivity contribution >= 4 is 43.5 Å². The third-order valence-corrected chi connectivity index (χ3v) is 3.05. The Kier molecular flexibility index (Phi) is 6.47. The third-order valence-electron chi connectivity index (χ3n) is 1.90. The molecule has 0 fully saturated rings. The van der Waals surface area contributed by atoms with Crippen molar-refractivity contribution in [3.8, 4) is 0 Å². The molecule has 0 radical (unpaired) electrons. The summed E-state index contributed by atoms with van der Waals surface area (Å²) in [5.41, 5.74) is 0.727. The first-order chi connectivity index (χ1) is 8.13. The average molecular weight is 363 g/mol. The van der Waals surface area contributed by atoms with Crippen LogP contribution in [0.25, 0.3) is 0 Å². The largest absolute Gasteiger partial charge is 0.371 e. The first-order valence-electron chi connectivity index (χ1n) is 5.07. The molecule has 0 saturated heterocycles. The number of carbonyl (C=O) groups excluding carboxylic acids is 1. The molecule has 0 spiro atoms. The van der Waals surface area contributed by atoms with Crippen LogP contribution in [-0.4, -0.2) is 19.1 Å². The Hall–Kier alpha value is -0.650. The lowest BCUT2D eigenvalue weighted by molar-refractivity contribution is -0.120. The molecule has 1 N–H and O–H groups in total. The van der Waals surface area contributed by atoms with Crippen molar-refractivity contribution in [2.24, 2.45) is 0 Å². The topological polar surface area (TPSA) is 38.3 Å². The number of carbonyl (C=O) groups is 1. The highest BCUT2D eigenvalue weighted by Crippen LogP contribution is 2.25. The molecular weight excluding hydrogens is 350 g/mol. The van der Waals surface area contributed by atoms with E-state index in [0.717, 1.165) is 21.1 Å². The number of nitrogens with one attached hydrogen (secondary N) is 1. The van der Waals surface area contributed by atoms with Crippen LogP contribution in [0.5, 0.6) is 0 Å². The highest BCUT2D eigenvalue weighted by Gasteiger charge is 2.05. The molecule has 0 saturated carbocycles. The molecule has 1 aromatic carbocycles. The maximum absolute atomic E-state index is 11.5. The van der Waals surface area contributed by atoms with Crippen LogP contribution in [-0.2, 0) is 9.53 Å². The Bertz CT molecular complexity index is 407. The van der Waals surface area contributed by atoms with Crippen LogP contribution < -0.4 is 5.32 Å². The first-order valence-corrected chi connectivity index (χ1v) is 6.65. The quantitative estimate of drug-likeness (QED) is 0.618. The number of halogens is 2. The maximum Gasteiger partial charge on any atom is 0.250 e. The minimum absolute atomic E-state index is 0.0519. The van der Waals surface area contributed by atoms with Gasteiger partial charge in [0.05, 0.1) is 12.3 Å². The van der Waals surface area contributed by atoms with E-state index >= 15 is 0 Å². The summed E-state index contributed by atoms with van der Waals surface area (Å²) < 4.78 is 6.94. The van der Waals surface area contributed by atoms with Gasteiger partial charge in [-0.25, -0.2) is 0 Å². The second kappa shape index (κ2) is 7.63. The van der Waals surface area contributed by atoms with Crippen LogP contribution in [0.1, 0.15) is 6.42 Å². The zero-order valence-corrected chi connectivity index (χ0v) is 12.4. The average Bonchev–Trinajstić information content (AvgIpc) is 2.28. The molecule has 0 aromatic heterocycles. The number of ether oxygens (including phenoxy) is 1. The molecular formula is C12H13Br2NO2. The van der Waals surface area contributed by atoms with Gasteiger partial charge in [0.25, 0.3) is 0 Å². The fourth-order valence-corrected chi connectivity index (χ4v) is 2.25. The Morgan fingerprint density at radius 1 is 1.47 bits per heavy atom. The molecule has 17 heavy (non-hydrogen) atoms. The smallest absolute Gasteiger partial charge is 0.250 e. The van der Waals surface area contributed by atoms with Gasteiger partial charge in [-0.15, -0.1) is 6.58 Å². The van der Waals surface area contributed by atoms with Gasteiger partial charge < -0.3 is 10.1 Å². The molecule has 1 aromatic rings. The highest BCUT2D eigenvalue weighted by molar-refractivity contribution is 9.11. The second-order valence-electron chi connectivity index (χ2n) is 3.30. The van der Waals surface area contributed by atoms with E-state index in [2.05, 4.69) is 43.8 Å². The van der Waals surface area contributed by atoms with E-state index in [-0.39, 0.29) is 12.5 Å². The SMILES string of the molecule is C=CCCOCC(=O)Nc1ccc(Br)cc1Br. The van der Waals surface area contributed by atoms with Crippen LogP contribution in [0.15, 0.2) is 39.8 Å². The summed E-state index contributed by atoms with van der Waals surface area (Å²) in [5.74, 6) is -0.169. The van der Waals surface area contributed by atoms with Crippen LogP contribution in [0.4, 0.5) is 5.69 Å². The number of benzene rings is 1. The molecule has 0 unspecified atom stereocenters. The van der Waals surface area contributed by atoms with Crippen molar-refractivity contribution in [2.45, 2.75) is 6.42 Å². The number of amides is 1. The number of hydrogen-bond acceptors (Lipinski definition) is 2. The van der Waals surface area contributed by atoms with Gasteiger partial charge in [-0.05, 0) is 40.5 Å². The molecule has 1 rings (SSSR count). The predicted molar refractivity (Wildman–Crippen MR) is 76.1 cm³/mol. The van der Waals surface area contributed by atoms with Gasteiger partial charge in [0.1, 0.15) is 6.61 Å². The molecule has 0 atom stereocenters. The fraction of sp³-hybridized carbons (Fsp3) is 0.250. The van der Waals surface area contributed by atoms with Gasteiger partial charge in [0.15, 0.2) is 0 Å². The maximum atomic E-state index is 11.5. The van der Waals surface area contributed by atoms with Crippen molar-refractivity contribution in [3.05, 3.63) is 39.8 Å². The van der Waals surface area contributed by atoms with Crippen LogP contribution in [0.2, 0.25) is 0 Å². The van der Waals surface area contributed by atoms with E-state index in [1.54, 1.807) is 6.08 Å². The zero-order valence-electron chi connectivity index (χ0n) is 9.21. The molecule has 5 heteroatoms. The summed E-state index contributed by atoms with van der Waals surface area (Å²) in [6.07, 6.45) is 2.50. The first kappa shape index (κ1) is 14.4. The molecule has 3 nitrogen and oxygen atoms in total. The molecule has 0 aliphatic heterocycles. The van der Waals surface area contributed by atoms with Gasteiger partial charge in [-0.3, -0.25) is 4.79 Å². The summed E-state index contributed by atoms with van der Waals surface area (Å²) in [4.78, 5) is 11.5. The Morgan fingerprint density at radius 2 is 2.24 bits per heavy atom. The van der Waals surface area contributed by atoms with Gasteiger partial charge in [-0.1, -0.05) is 22.0 Å². The van der Waals surface area contributed by atoms with Crippen molar-refractivity contribution in [2.75, 3.05) is 18.5 Å². The lowest BCUT2D eigenvalue weighted by Gasteiger charge is -2.07. The Labute approximate surface area is 117 Å². The van der Waals surface area contributed by atoms with Crippen molar-refractivity contribution in [1.82, 2.24) is 0 Å². The normalized spacial score (nSPS) is 10.0. The monoisotopic (exact) mass is 361 g/mol. The Balaban J connectivity index is 2.42. The van der Waals surface area contributed by atoms with Gasteiger partial charge in [0, 0.05) is 8.95 Å². The fourth-order valence-electron chi connectivity index (χ4n) is 1.11. The minimum Gasteiger partial charge on any atom is -0.371 e. The van der Waals surface area contributed by atoms with Crippen LogP contribution in [0, 0.1) is 0 Å². The van der Waals surface area contributed by atoms with E-state index in [4.69, 9.17) is 4.74 Å². The summed E-state index contributed by atoms with van der Waals surface area (Å²) in [7, 11) is 0. The van der Waals surface area contributed by atoms with E-state index in [0.29, 0.717) is 6.61 Å². The van der Waals surface area contributed by atoms with E-state index in [1.165, 1.54) is 0 Å². The van der Waals surface area contributed by atoms with E-state index in [9.17, 15) is 4.79 Å². The van der Waals surface area contributed by atoms with Crippen LogP contribution in [0.3, 0.4) is 0 Å². The number of hydrogen-bond donors (Lipinski definition) is 1. The van der Waals surface area contributed by atoms with E-state index < -0.39 is 0 Å². The van der Waals surface area contributed by atoms with E-state index in [1.807, 2.05) is 18.2 Å². The summed E-state index contributed by atoms with van der Waals surface area (Å²) in [6.45, 7) is 4.14. The predicted octanol–water partition coefficient (Wildman–Crippen LogP) is 3.74. The zero-order chi connectivity index (χ0) is 12.7.